The number of nitrogens with one attached hydrogen (secondary N) is 1. The van der Waals surface area contributed by atoms with Crippen LogP contribution in [0.3, 0.4) is 0 Å². The molecule has 3 nitrogen and oxygen atoms in total. The zero-order valence-electron chi connectivity index (χ0n) is 11.8. The molecule has 0 aliphatic heterocycles. The summed E-state index contributed by atoms with van der Waals surface area (Å²) in [4.78, 5) is 4.13. The molecule has 2 rings (SSSR count). The van der Waals surface area contributed by atoms with Gasteiger partial charge < -0.3 is 10.1 Å². The summed E-state index contributed by atoms with van der Waals surface area (Å²) in [6.45, 7) is 5.30. The molecule has 20 heavy (non-hydrogen) atoms. The Hall–Kier alpha value is -1.94. The molecule has 0 unspecified atom stereocenters. The van der Waals surface area contributed by atoms with E-state index in [-0.39, 0.29) is 11.9 Å². The molecule has 1 aromatic carbocycles. The highest BCUT2D eigenvalue weighted by molar-refractivity contribution is 5.22. The highest BCUT2D eigenvalue weighted by Gasteiger charge is 2.05. The Kier molecular flexibility index (Phi) is 5.07. The van der Waals surface area contributed by atoms with Crippen molar-refractivity contribution in [3.8, 4) is 5.88 Å². The van der Waals surface area contributed by atoms with E-state index in [0.29, 0.717) is 19.0 Å². The Morgan fingerprint density at radius 1 is 1.25 bits per heavy atom. The summed E-state index contributed by atoms with van der Waals surface area (Å²) in [5, 5.41) is 3.40. The van der Waals surface area contributed by atoms with Crippen LogP contribution < -0.4 is 10.1 Å². The molecule has 0 bridgehead atoms. The molecule has 1 aromatic heterocycles. The fourth-order valence-electron chi connectivity index (χ4n) is 1.93. The molecule has 0 spiro atoms. The molecule has 1 atom stereocenters. The number of halogens is 1. The minimum absolute atomic E-state index is 0.152. The summed E-state index contributed by atoms with van der Waals surface area (Å²) in [5.74, 6) is 0.428. The van der Waals surface area contributed by atoms with Crippen LogP contribution in [0.2, 0.25) is 0 Å². The Bertz CT molecular complexity index is 542. The Morgan fingerprint density at radius 2 is 2.00 bits per heavy atom. The zero-order valence-corrected chi connectivity index (χ0v) is 11.8. The quantitative estimate of drug-likeness (QED) is 0.875. The molecule has 0 saturated heterocycles. The summed E-state index contributed by atoms with van der Waals surface area (Å²) in [5.41, 5.74) is 2.17. The van der Waals surface area contributed by atoms with Gasteiger partial charge in [-0.3, -0.25) is 0 Å². The van der Waals surface area contributed by atoms with Crippen molar-refractivity contribution in [2.75, 3.05) is 6.61 Å². The molecule has 0 fully saturated rings. The normalized spacial score (nSPS) is 12.2. The maximum absolute atomic E-state index is 12.9. The van der Waals surface area contributed by atoms with E-state index in [2.05, 4.69) is 17.2 Å². The lowest BCUT2D eigenvalue weighted by Crippen LogP contribution is -2.18. The third kappa shape index (κ3) is 4.03. The van der Waals surface area contributed by atoms with Crippen molar-refractivity contribution in [1.29, 1.82) is 0 Å². The Morgan fingerprint density at radius 3 is 2.70 bits per heavy atom. The van der Waals surface area contributed by atoms with Gasteiger partial charge in [0.15, 0.2) is 0 Å². The van der Waals surface area contributed by atoms with Crippen LogP contribution in [-0.4, -0.2) is 11.6 Å². The van der Waals surface area contributed by atoms with Gasteiger partial charge in [0.25, 0.3) is 0 Å². The van der Waals surface area contributed by atoms with Crippen molar-refractivity contribution >= 4 is 0 Å². The van der Waals surface area contributed by atoms with Crippen molar-refractivity contribution < 1.29 is 9.13 Å². The molecule has 0 radical (unpaired) electrons. The van der Waals surface area contributed by atoms with E-state index in [9.17, 15) is 4.39 Å². The molecule has 106 valence electrons. The molecular formula is C16H19FN2O. The summed E-state index contributed by atoms with van der Waals surface area (Å²) in [7, 11) is 0. The summed E-state index contributed by atoms with van der Waals surface area (Å²) >= 11 is 0. The Balaban J connectivity index is 1.94. The molecule has 1 heterocycles. The average molecular weight is 274 g/mol. The van der Waals surface area contributed by atoms with Gasteiger partial charge in [0.2, 0.25) is 5.88 Å². The van der Waals surface area contributed by atoms with E-state index in [1.165, 1.54) is 12.1 Å². The van der Waals surface area contributed by atoms with Crippen LogP contribution in [0.15, 0.2) is 42.6 Å². The first-order valence-corrected chi connectivity index (χ1v) is 6.75. The average Bonchev–Trinajstić information content (AvgIpc) is 2.46. The van der Waals surface area contributed by atoms with Gasteiger partial charge in [0.1, 0.15) is 5.82 Å². The Labute approximate surface area is 118 Å². The van der Waals surface area contributed by atoms with Crippen LogP contribution in [-0.2, 0) is 6.54 Å². The SMILES string of the molecule is CCOc1cc(CN[C@@H](C)c2ccc(F)cc2)ccn1. The van der Waals surface area contributed by atoms with E-state index < -0.39 is 0 Å². The fourth-order valence-corrected chi connectivity index (χ4v) is 1.93. The molecule has 0 saturated carbocycles. The molecule has 0 amide bonds. The number of ether oxygens (including phenoxy) is 1. The second kappa shape index (κ2) is 7.01. The third-order valence-electron chi connectivity index (χ3n) is 3.07. The first-order valence-electron chi connectivity index (χ1n) is 6.75. The summed E-state index contributed by atoms with van der Waals surface area (Å²) < 4.78 is 18.2. The topological polar surface area (TPSA) is 34.1 Å². The third-order valence-corrected chi connectivity index (χ3v) is 3.07. The molecule has 4 heteroatoms. The van der Waals surface area contributed by atoms with Gasteiger partial charge >= 0.3 is 0 Å². The van der Waals surface area contributed by atoms with E-state index in [0.717, 1.165) is 11.1 Å². The molecule has 0 aliphatic carbocycles. The van der Waals surface area contributed by atoms with Gasteiger partial charge in [-0.1, -0.05) is 12.1 Å². The number of aromatic nitrogens is 1. The van der Waals surface area contributed by atoms with Gasteiger partial charge in [-0.25, -0.2) is 9.37 Å². The second-order valence-electron chi connectivity index (χ2n) is 4.59. The van der Waals surface area contributed by atoms with Gasteiger partial charge in [0.05, 0.1) is 6.61 Å². The van der Waals surface area contributed by atoms with Crippen molar-refractivity contribution in [3.05, 3.63) is 59.5 Å². The monoisotopic (exact) mass is 274 g/mol. The lowest BCUT2D eigenvalue weighted by atomic mass is 10.1. The first kappa shape index (κ1) is 14.5. The van der Waals surface area contributed by atoms with E-state index in [1.54, 1.807) is 18.3 Å². The number of hydrogen-bond acceptors (Lipinski definition) is 3. The minimum atomic E-state index is -0.212. The van der Waals surface area contributed by atoms with Crippen LogP contribution >= 0.6 is 0 Å². The predicted molar refractivity (Wildman–Crippen MR) is 77.1 cm³/mol. The van der Waals surface area contributed by atoms with Crippen LogP contribution in [0.4, 0.5) is 4.39 Å². The summed E-state index contributed by atoms with van der Waals surface area (Å²) in [6.07, 6.45) is 1.74. The number of benzene rings is 1. The predicted octanol–water partition coefficient (Wildman–Crippen LogP) is 3.47. The summed E-state index contributed by atoms with van der Waals surface area (Å²) in [6, 6.07) is 10.6. The van der Waals surface area contributed by atoms with Crippen molar-refractivity contribution in [3.63, 3.8) is 0 Å². The van der Waals surface area contributed by atoms with Gasteiger partial charge in [-0.2, -0.15) is 0 Å². The van der Waals surface area contributed by atoms with Crippen molar-refractivity contribution in [2.24, 2.45) is 0 Å². The van der Waals surface area contributed by atoms with Crippen LogP contribution in [0, 0.1) is 5.82 Å². The highest BCUT2D eigenvalue weighted by atomic mass is 19.1. The van der Waals surface area contributed by atoms with Crippen molar-refractivity contribution in [1.82, 2.24) is 10.3 Å². The number of nitrogens with zero attached hydrogens (tertiary/aromatic N) is 1. The molecular weight excluding hydrogens is 255 g/mol. The smallest absolute Gasteiger partial charge is 0.213 e. The number of pyridine rings is 1. The van der Waals surface area contributed by atoms with Crippen LogP contribution in [0.5, 0.6) is 5.88 Å². The maximum Gasteiger partial charge on any atom is 0.213 e. The zero-order chi connectivity index (χ0) is 14.4. The van der Waals surface area contributed by atoms with Crippen molar-refractivity contribution in [2.45, 2.75) is 26.4 Å². The maximum atomic E-state index is 12.9. The number of hydrogen-bond donors (Lipinski definition) is 1. The first-order chi connectivity index (χ1) is 9.69. The fraction of sp³-hybridized carbons (Fsp3) is 0.312. The van der Waals surface area contributed by atoms with Crippen LogP contribution in [0.25, 0.3) is 0 Å². The molecule has 1 N–H and O–H groups in total. The molecule has 0 aliphatic rings. The number of rotatable bonds is 6. The van der Waals surface area contributed by atoms with E-state index >= 15 is 0 Å². The highest BCUT2D eigenvalue weighted by Crippen LogP contribution is 2.15. The lowest BCUT2D eigenvalue weighted by Gasteiger charge is -2.14. The lowest BCUT2D eigenvalue weighted by molar-refractivity contribution is 0.326. The second-order valence-corrected chi connectivity index (χ2v) is 4.59. The van der Waals surface area contributed by atoms with Gasteiger partial charge in [0, 0.05) is 24.8 Å². The van der Waals surface area contributed by atoms with Gasteiger partial charge in [-0.15, -0.1) is 0 Å². The minimum Gasteiger partial charge on any atom is -0.478 e. The largest absolute Gasteiger partial charge is 0.478 e. The van der Waals surface area contributed by atoms with Gasteiger partial charge in [-0.05, 0) is 43.2 Å². The van der Waals surface area contributed by atoms with E-state index in [4.69, 9.17) is 4.74 Å². The van der Waals surface area contributed by atoms with E-state index in [1.807, 2.05) is 19.1 Å². The molecule has 2 aromatic rings. The van der Waals surface area contributed by atoms with Crippen LogP contribution in [0.1, 0.15) is 31.0 Å². The standard InChI is InChI=1S/C16H19FN2O/c1-3-20-16-10-13(8-9-18-16)11-19-12(2)14-4-6-15(17)7-5-14/h4-10,12,19H,3,11H2,1-2H3/t12-/m0/s1.